The van der Waals surface area contributed by atoms with Gasteiger partial charge in [0.15, 0.2) is 17.2 Å². The van der Waals surface area contributed by atoms with Crippen LogP contribution in [0.5, 0.6) is 11.5 Å². The van der Waals surface area contributed by atoms with Crippen molar-refractivity contribution in [1.82, 2.24) is 15.0 Å². The molecule has 1 heterocycles. The number of methoxy groups -OCH3 is 2. The summed E-state index contributed by atoms with van der Waals surface area (Å²) in [4.78, 5) is 39.0. The molecule has 0 radical (unpaired) electrons. The number of ketones is 1. The van der Waals surface area contributed by atoms with Crippen LogP contribution >= 0.6 is 0 Å². The number of carbonyl (C=O) groups is 3. The number of nitrogens with two attached hydrogens (primary N) is 1. The van der Waals surface area contributed by atoms with Crippen molar-refractivity contribution < 1.29 is 33.3 Å². The van der Waals surface area contributed by atoms with E-state index in [2.05, 4.69) is 17.1 Å². The molecule has 2 rings (SSSR count). The van der Waals surface area contributed by atoms with Gasteiger partial charge in [0.1, 0.15) is 0 Å². The van der Waals surface area contributed by atoms with E-state index >= 15 is 0 Å². The normalized spacial score (nSPS) is 10.7. The highest BCUT2D eigenvalue weighted by Crippen LogP contribution is 2.33. The first-order chi connectivity index (χ1) is 18.4. The molecule has 0 amide bonds. The van der Waals surface area contributed by atoms with Crippen LogP contribution in [0.25, 0.3) is 0 Å². The molecule has 0 saturated carbocycles. The number of aromatic nitrogens is 3. The molecule has 2 aromatic rings. The lowest BCUT2D eigenvalue weighted by molar-refractivity contribution is -0.148. The summed E-state index contributed by atoms with van der Waals surface area (Å²) in [6, 6.07) is 2.84. The number of unbranched alkanes of at least 4 members (excludes halogenated alkanes) is 8. The predicted molar refractivity (Wildman–Crippen MR) is 141 cm³/mol. The molecule has 0 atom stereocenters. The highest BCUT2D eigenvalue weighted by Gasteiger charge is 2.28. The Morgan fingerprint density at radius 1 is 0.816 bits per heavy atom. The van der Waals surface area contributed by atoms with E-state index in [1.807, 2.05) is 0 Å². The van der Waals surface area contributed by atoms with E-state index in [0.29, 0.717) is 5.75 Å². The third-order valence-electron chi connectivity index (χ3n) is 5.96. The number of ether oxygens (including phenoxy) is 4. The molecule has 0 aliphatic rings. The molecular weight excluding hydrogens is 492 g/mol. The van der Waals surface area contributed by atoms with Gasteiger partial charge in [0.05, 0.1) is 26.4 Å². The number of anilines is 1. The van der Waals surface area contributed by atoms with Gasteiger partial charge in [0, 0.05) is 18.2 Å². The van der Waals surface area contributed by atoms with Crippen LogP contribution in [0.1, 0.15) is 105 Å². The Hall–Kier alpha value is -3.63. The number of hydrogen-bond acceptors (Lipinski definition) is 10. The Morgan fingerprint density at radius 3 is 2.00 bits per heavy atom. The fourth-order valence-corrected chi connectivity index (χ4v) is 3.90. The molecule has 0 bridgehead atoms. The third kappa shape index (κ3) is 9.04. The summed E-state index contributed by atoms with van der Waals surface area (Å²) in [5.41, 5.74) is 5.62. The van der Waals surface area contributed by atoms with Gasteiger partial charge in [-0.2, -0.15) is 0 Å². The lowest BCUT2D eigenvalue weighted by Gasteiger charge is -2.11. The molecule has 11 nitrogen and oxygen atoms in total. The first kappa shape index (κ1) is 30.6. The van der Waals surface area contributed by atoms with E-state index in [1.165, 1.54) is 64.9 Å². The summed E-state index contributed by atoms with van der Waals surface area (Å²) in [6.07, 6.45) is 10.5. The Balaban J connectivity index is 2.01. The van der Waals surface area contributed by atoms with Crippen LogP contribution in [-0.4, -0.2) is 53.5 Å². The van der Waals surface area contributed by atoms with Crippen LogP contribution in [0.15, 0.2) is 12.1 Å². The topological polar surface area (TPSA) is 145 Å². The van der Waals surface area contributed by atoms with Crippen molar-refractivity contribution in [1.29, 1.82) is 0 Å². The quantitative estimate of drug-likeness (QED) is 0.124. The maximum atomic E-state index is 13.3. The van der Waals surface area contributed by atoms with Crippen molar-refractivity contribution in [3.8, 4) is 11.5 Å². The van der Waals surface area contributed by atoms with E-state index < -0.39 is 17.7 Å². The van der Waals surface area contributed by atoms with Gasteiger partial charge in [0.25, 0.3) is 0 Å². The van der Waals surface area contributed by atoms with Crippen molar-refractivity contribution in [3.05, 3.63) is 29.1 Å². The summed E-state index contributed by atoms with van der Waals surface area (Å²) in [6.45, 7) is 3.56. The molecule has 210 valence electrons. The number of nitrogen functional groups attached to an aromatic ring is 1. The molecule has 0 saturated heterocycles. The Kier molecular flexibility index (Phi) is 13.1. The second-order valence-corrected chi connectivity index (χ2v) is 8.84. The minimum Gasteiger partial charge on any atom is -0.493 e. The zero-order valence-corrected chi connectivity index (χ0v) is 22.9. The molecular formula is C27H40N4O7. The zero-order chi connectivity index (χ0) is 27.9. The van der Waals surface area contributed by atoms with Crippen LogP contribution in [0.4, 0.5) is 5.69 Å². The molecule has 0 spiro atoms. The summed E-state index contributed by atoms with van der Waals surface area (Å²) in [5, 5.41) is 8.14. The summed E-state index contributed by atoms with van der Waals surface area (Å²) in [5.74, 6) is -1.28. The number of benzene rings is 1. The van der Waals surface area contributed by atoms with E-state index in [9.17, 15) is 14.4 Å². The molecule has 1 aromatic heterocycles. The lowest BCUT2D eigenvalue weighted by Crippen LogP contribution is -2.14. The average molecular weight is 533 g/mol. The lowest BCUT2D eigenvalue weighted by atomic mass is 10.0. The Labute approximate surface area is 223 Å². The maximum absolute atomic E-state index is 13.3. The molecule has 38 heavy (non-hydrogen) atoms. The van der Waals surface area contributed by atoms with Gasteiger partial charge in [-0.1, -0.05) is 58.3 Å². The standard InChI is InChI=1S/C27H40N4O7/c1-5-7-8-9-10-11-12-13-14-15-23(32)38-18-31-29-24(25(30-31)27(34)37-6-2)26(33)19-16-21(35-3)22(36-4)17-20(19)28/h16-17H,5-15,18,28H2,1-4H3. The first-order valence-electron chi connectivity index (χ1n) is 13.2. The molecule has 0 aliphatic heterocycles. The Bertz CT molecular complexity index is 1070. The number of hydrogen-bond donors (Lipinski definition) is 1. The van der Waals surface area contributed by atoms with Gasteiger partial charge in [-0.25, -0.2) is 4.79 Å². The fraction of sp³-hybridized carbons (Fsp3) is 0.593. The number of nitrogens with zero attached hydrogens (tertiary/aromatic N) is 3. The second-order valence-electron chi connectivity index (χ2n) is 8.84. The van der Waals surface area contributed by atoms with Crippen molar-refractivity contribution in [2.24, 2.45) is 0 Å². The van der Waals surface area contributed by atoms with Gasteiger partial charge in [-0.05, 0) is 19.4 Å². The Morgan fingerprint density at radius 2 is 1.39 bits per heavy atom. The average Bonchev–Trinajstić information content (AvgIpc) is 3.35. The van der Waals surface area contributed by atoms with Crippen LogP contribution in [-0.2, 0) is 21.0 Å². The molecule has 0 unspecified atom stereocenters. The van der Waals surface area contributed by atoms with Crippen molar-refractivity contribution in [2.45, 2.75) is 84.8 Å². The minimum absolute atomic E-state index is 0.0441. The van der Waals surface area contributed by atoms with Crippen molar-refractivity contribution in [2.75, 3.05) is 26.6 Å². The van der Waals surface area contributed by atoms with Crippen LogP contribution in [0.3, 0.4) is 0 Å². The number of carbonyl (C=O) groups excluding carboxylic acids is 3. The van der Waals surface area contributed by atoms with E-state index in [-0.39, 0.29) is 48.1 Å². The first-order valence-corrected chi connectivity index (χ1v) is 13.2. The van der Waals surface area contributed by atoms with E-state index in [4.69, 9.17) is 24.7 Å². The smallest absolute Gasteiger partial charge is 0.361 e. The van der Waals surface area contributed by atoms with Gasteiger partial charge in [0.2, 0.25) is 18.2 Å². The SMILES string of the molecule is CCCCCCCCCCCC(=O)OCn1nc(C(=O)OCC)c(C(=O)c2cc(OC)c(OC)cc2N)n1. The highest BCUT2D eigenvalue weighted by atomic mass is 16.5. The summed E-state index contributed by atoms with van der Waals surface area (Å²) < 4.78 is 20.7. The third-order valence-corrected chi connectivity index (χ3v) is 5.96. The van der Waals surface area contributed by atoms with Crippen LogP contribution in [0.2, 0.25) is 0 Å². The molecule has 0 fully saturated rings. The fourth-order valence-electron chi connectivity index (χ4n) is 3.90. The van der Waals surface area contributed by atoms with Crippen molar-refractivity contribution in [3.63, 3.8) is 0 Å². The highest BCUT2D eigenvalue weighted by molar-refractivity contribution is 6.15. The van der Waals surface area contributed by atoms with Gasteiger partial charge in [-0.3, -0.25) is 9.59 Å². The van der Waals surface area contributed by atoms with E-state index in [1.54, 1.807) is 6.92 Å². The predicted octanol–water partition coefficient (Wildman–Crippen LogP) is 4.71. The second kappa shape index (κ2) is 16.3. The molecule has 11 heteroatoms. The largest absolute Gasteiger partial charge is 0.493 e. The molecule has 1 aromatic carbocycles. The number of esters is 2. The van der Waals surface area contributed by atoms with Gasteiger partial charge < -0.3 is 24.7 Å². The monoisotopic (exact) mass is 532 g/mol. The summed E-state index contributed by atoms with van der Waals surface area (Å²) in [7, 11) is 2.87. The van der Waals surface area contributed by atoms with Crippen LogP contribution in [0, 0.1) is 0 Å². The van der Waals surface area contributed by atoms with Gasteiger partial charge in [-0.15, -0.1) is 15.0 Å². The van der Waals surface area contributed by atoms with Crippen LogP contribution < -0.4 is 15.2 Å². The van der Waals surface area contributed by atoms with E-state index in [0.717, 1.165) is 24.1 Å². The maximum Gasteiger partial charge on any atom is 0.361 e. The molecule has 0 aliphatic carbocycles. The zero-order valence-electron chi connectivity index (χ0n) is 22.9. The number of rotatable bonds is 18. The summed E-state index contributed by atoms with van der Waals surface area (Å²) >= 11 is 0. The molecule has 2 N–H and O–H groups in total. The minimum atomic E-state index is -0.831. The van der Waals surface area contributed by atoms with Gasteiger partial charge >= 0.3 is 11.9 Å². The van der Waals surface area contributed by atoms with Crippen molar-refractivity contribution >= 4 is 23.4 Å².